The summed E-state index contributed by atoms with van der Waals surface area (Å²) >= 11 is 5.81. The zero-order chi connectivity index (χ0) is 15.3. The number of esters is 2. The summed E-state index contributed by atoms with van der Waals surface area (Å²) in [5, 5.41) is 3.59. The predicted molar refractivity (Wildman–Crippen MR) is 76.2 cm³/mol. The highest BCUT2D eigenvalue weighted by Gasteiger charge is 2.65. The Morgan fingerprint density at radius 1 is 1.32 bits per heavy atom. The summed E-state index contributed by atoms with van der Waals surface area (Å²) < 4.78 is 11.1. The van der Waals surface area contributed by atoms with Crippen LogP contribution < -0.4 is 10.2 Å². The summed E-state index contributed by atoms with van der Waals surface area (Å²) in [6.45, 7) is 0.973. The second kappa shape index (κ2) is 4.69. The number of pyridine rings is 1. The maximum Gasteiger partial charge on any atom is 0.333 e. The smallest absolute Gasteiger partial charge is 0.333 e. The van der Waals surface area contributed by atoms with Crippen LogP contribution in [0.5, 0.6) is 0 Å². The number of ether oxygens (including phenoxy) is 2. The van der Waals surface area contributed by atoms with Crippen LogP contribution in [0.3, 0.4) is 0 Å². The summed E-state index contributed by atoms with van der Waals surface area (Å²) in [6.07, 6.45) is 3.08. The molecule has 1 aromatic rings. The van der Waals surface area contributed by atoms with Gasteiger partial charge in [-0.2, -0.15) is 0 Å². The van der Waals surface area contributed by atoms with Crippen molar-refractivity contribution < 1.29 is 19.1 Å². The first-order valence-electron chi connectivity index (χ1n) is 6.82. The minimum absolute atomic E-state index is 0.101. The molecule has 2 fully saturated rings. The number of anilines is 1. The van der Waals surface area contributed by atoms with E-state index in [0.29, 0.717) is 18.2 Å². The van der Waals surface area contributed by atoms with Crippen LogP contribution in [0.4, 0.5) is 5.69 Å². The highest BCUT2D eigenvalue weighted by Crippen LogP contribution is 2.41. The number of hydrogen-bond acceptors (Lipinski definition) is 7. The molecule has 1 aromatic heterocycles. The van der Waals surface area contributed by atoms with Crippen molar-refractivity contribution in [2.45, 2.75) is 17.9 Å². The molecule has 0 saturated carbocycles. The molecule has 0 aromatic carbocycles. The number of rotatable bonds is 1. The van der Waals surface area contributed by atoms with Crippen LogP contribution >= 0.6 is 11.6 Å². The molecule has 0 amide bonds. The number of carbonyl (C=O) groups is 2. The Morgan fingerprint density at radius 2 is 2.14 bits per heavy atom. The van der Waals surface area contributed by atoms with Crippen molar-refractivity contribution in [3.8, 4) is 0 Å². The minimum Gasteiger partial charge on any atom is -0.447 e. The second-order valence-electron chi connectivity index (χ2n) is 5.42. The van der Waals surface area contributed by atoms with Crippen molar-refractivity contribution in [2.24, 2.45) is 0 Å². The Morgan fingerprint density at radius 3 is 2.82 bits per heavy atom. The number of nitrogens with zero attached hydrogens (tertiary/aromatic N) is 2. The van der Waals surface area contributed by atoms with Crippen molar-refractivity contribution in [1.82, 2.24) is 10.3 Å². The van der Waals surface area contributed by atoms with Crippen molar-refractivity contribution in [3.63, 3.8) is 0 Å². The molecule has 0 bridgehead atoms. The lowest BCUT2D eigenvalue weighted by atomic mass is 9.87. The van der Waals surface area contributed by atoms with Crippen LogP contribution in [0.1, 0.15) is 0 Å². The maximum atomic E-state index is 11.8. The van der Waals surface area contributed by atoms with Crippen LogP contribution in [-0.2, 0) is 19.1 Å². The third kappa shape index (κ3) is 1.89. The summed E-state index contributed by atoms with van der Waals surface area (Å²) in [4.78, 5) is 29.5. The highest BCUT2D eigenvalue weighted by molar-refractivity contribution is 6.29. The van der Waals surface area contributed by atoms with Gasteiger partial charge in [-0.25, -0.2) is 14.6 Å². The lowest BCUT2D eigenvalue weighted by molar-refractivity contribution is -0.191. The van der Waals surface area contributed by atoms with Gasteiger partial charge in [0.25, 0.3) is 0 Å². The molecule has 8 heteroatoms. The zero-order valence-corrected chi connectivity index (χ0v) is 12.1. The molecule has 4 heterocycles. The van der Waals surface area contributed by atoms with Gasteiger partial charge in [0.1, 0.15) is 5.15 Å². The lowest BCUT2D eigenvalue weighted by Crippen LogP contribution is -2.72. The minimum atomic E-state index is -0.864. The first kappa shape index (κ1) is 13.5. The van der Waals surface area contributed by atoms with Gasteiger partial charge in [0, 0.05) is 25.2 Å². The number of nitrogens with one attached hydrogen (secondary N) is 1. The van der Waals surface area contributed by atoms with E-state index in [4.69, 9.17) is 21.1 Å². The van der Waals surface area contributed by atoms with Crippen LogP contribution in [0.15, 0.2) is 30.5 Å². The number of carbonyl (C=O) groups excluding carboxylic acids is 2. The molecule has 0 aliphatic carbocycles. The largest absolute Gasteiger partial charge is 0.447 e. The quantitative estimate of drug-likeness (QED) is 0.586. The maximum absolute atomic E-state index is 11.8. The molecule has 3 aliphatic rings. The normalized spacial score (nSPS) is 34.5. The van der Waals surface area contributed by atoms with Gasteiger partial charge < -0.3 is 19.7 Å². The average molecular weight is 322 g/mol. The number of aromatic nitrogens is 1. The van der Waals surface area contributed by atoms with Gasteiger partial charge in [-0.1, -0.05) is 11.6 Å². The molecule has 1 spiro atoms. The summed E-state index contributed by atoms with van der Waals surface area (Å²) in [6, 6.07) is 3.35. The number of halogens is 1. The van der Waals surface area contributed by atoms with E-state index in [-0.39, 0.29) is 6.04 Å². The fourth-order valence-electron chi connectivity index (χ4n) is 3.09. The van der Waals surface area contributed by atoms with Gasteiger partial charge in [0.15, 0.2) is 5.60 Å². The molecule has 0 radical (unpaired) electrons. The molecule has 2 saturated heterocycles. The van der Waals surface area contributed by atoms with Crippen LogP contribution in [-0.4, -0.2) is 47.9 Å². The lowest BCUT2D eigenvalue weighted by Gasteiger charge is -2.46. The van der Waals surface area contributed by atoms with Gasteiger partial charge in [-0.15, -0.1) is 0 Å². The first-order valence-corrected chi connectivity index (χ1v) is 7.19. The molecule has 1 unspecified atom stereocenters. The van der Waals surface area contributed by atoms with E-state index in [1.165, 1.54) is 0 Å². The molecule has 1 N–H and O–H groups in total. The average Bonchev–Trinajstić information content (AvgIpc) is 2.66. The van der Waals surface area contributed by atoms with Crippen molar-refractivity contribution in [3.05, 3.63) is 35.6 Å². The molecular weight excluding hydrogens is 310 g/mol. The Bertz CT molecular complexity index is 677. The molecule has 114 valence electrons. The zero-order valence-electron chi connectivity index (χ0n) is 11.4. The van der Waals surface area contributed by atoms with Crippen molar-refractivity contribution >= 4 is 29.2 Å². The predicted octanol–water partition coefficient (Wildman–Crippen LogP) is 0.248. The van der Waals surface area contributed by atoms with Gasteiger partial charge in [-0.3, -0.25) is 0 Å². The fourth-order valence-corrected chi connectivity index (χ4v) is 3.20. The van der Waals surface area contributed by atoms with E-state index in [0.717, 1.165) is 17.8 Å². The molecule has 3 aliphatic heterocycles. The van der Waals surface area contributed by atoms with Crippen LogP contribution in [0.2, 0.25) is 5.15 Å². The Kier molecular flexibility index (Phi) is 2.88. The fraction of sp³-hybridized carbons (Fsp3) is 0.357. The molecule has 3 atom stereocenters. The van der Waals surface area contributed by atoms with Gasteiger partial charge in [0.2, 0.25) is 6.23 Å². The topological polar surface area (TPSA) is 80.8 Å². The summed E-state index contributed by atoms with van der Waals surface area (Å²) in [5.41, 5.74) is -0.115. The monoisotopic (exact) mass is 321 g/mol. The summed E-state index contributed by atoms with van der Waals surface area (Å²) in [5.74, 6) is -1.11. The van der Waals surface area contributed by atoms with Gasteiger partial charge in [-0.05, 0) is 12.1 Å². The van der Waals surface area contributed by atoms with E-state index < -0.39 is 23.8 Å². The van der Waals surface area contributed by atoms with E-state index in [2.05, 4.69) is 10.3 Å². The Balaban J connectivity index is 1.73. The Labute approximate surface area is 130 Å². The van der Waals surface area contributed by atoms with Gasteiger partial charge >= 0.3 is 11.9 Å². The molecule has 4 rings (SSSR count). The third-order valence-electron chi connectivity index (χ3n) is 4.21. The Hall–Kier alpha value is -2.12. The molecule has 22 heavy (non-hydrogen) atoms. The first-order chi connectivity index (χ1) is 10.6. The van der Waals surface area contributed by atoms with Crippen molar-refractivity contribution in [1.29, 1.82) is 0 Å². The van der Waals surface area contributed by atoms with E-state index in [1.54, 1.807) is 18.3 Å². The molecule has 7 nitrogen and oxygen atoms in total. The second-order valence-corrected chi connectivity index (χ2v) is 5.81. The third-order valence-corrected chi connectivity index (χ3v) is 4.44. The van der Waals surface area contributed by atoms with Gasteiger partial charge in [0.05, 0.1) is 17.9 Å². The molecular formula is C14H12ClN3O4. The van der Waals surface area contributed by atoms with Crippen molar-refractivity contribution in [2.75, 3.05) is 18.0 Å². The van der Waals surface area contributed by atoms with E-state index in [1.807, 2.05) is 4.90 Å². The van der Waals surface area contributed by atoms with Crippen LogP contribution in [0.25, 0.3) is 0 Å². The highest BCUT2D eigenvalue weighted by atomic mass is 35.5. The number of hydrogen-bond donors (Lipinski definition) is 1. The van der Waals surface area contributed by atoms with E-state index in [9.17, 15) is 9.59 Å². The van der Waals surface area contributed by atoms with Crippen LogP contribution in [0, 0.1) is 0 Å². The summed E-state index contributed by atoms with van der Waals surface area (Å²) in [7, 11) is 0. The SMILES string of the molecule is O=C1/C=C/C(=O)O[C@]23CN[C@@H]2CN(c2ccc(Cl)nc2)C3O1. The standard InChI is InChI=1S/C14H12ClN3O4/c15-10-2-1-8(5-16-10)18-6-9-14(7-17-9)13(18)21-11(19)3-4-12(20)22-14/h1-5,9,13,17H,6-7H2/b4-3+/t9-,13?,14-/m1/s1. The van der Waals surface area contributed by atoms with E-state index >= 15 is 0 Å².